The number of nitrogens with zero attached hydrogens (tertiary/aromatic N) is 2. The van der Waals surface area contributed by atoms with Crippen LogP contribution >= 0.6 is 11.6 Å². The van der Waals surface area contributed by atoms with Crippen LogP contribution in [0, 0.1) is 5.92 Å². The van der Waals surface area contributed by atoms with E-state index in [1.54, 1.807) is 6.07 Å². The Bertz CT molecular complexity index is 404. The molecule has 1 unspecified atom stereocenters. The van der Waals surface area contributed by atoms with Crippen molar-refractivity contribution in [2.24, 2.45) is 5.92 Å². The molecule has 4 heteroatoms. The van der Waals surface area contributed by atoms with Crippen molar-refractivity contribution >= 4 is 11.6 Å². The van der Waals surface area contributed by atoms with E-state index in [0.29, 0.717) is 17.6 Å². The van der Waals surface area contributed by atoms with E-state index in [4.69, 9.17) is 11.6 Å². The summed E-state index contributed by atoms with van der Waals surface area (Å²) in [5.74, 6) is 0.337. The number of halogens is 1. The third kappa shape index (κ3) is 1.54. The van der Waals surface area contributed by atoms with E-state index in [1.165, 1.54) is 0 Å². The van der Waals surface area contributed by atoms with E-state index < -0.39 is 5.60 Å². The van der Waals surface area contributed by atoms with Gasteiger partial charge in [0.05, 0.1) is 5.69 Å². The lowest BCUT2D eigenvalue weighted by Crippen LogP contribution is -2.57. The maximum atomic E-state index is 10.8. The fourth-order valence-electron chi connectivity index (χ4n) is 2.98. The number of rotatable bonds is 1. The van der Waals surface area contributed by atoms with Crippen LogP contribution in [0.5, 0.6) is 0 Å². The Kier molecular flexibility index (Phi) is 2.42. The first kappa shape index (κ1) is 10.5. The second-order valence-corrected chi connectivity index (χ2v) is 5.21. The molecule has 4 heterocycles. The van der Waals surface area contributed by atoms with Gasteiger partial charge < -0.3 is 10.0 Å². The highest BCUT2D eigenvalue weighted by Crippen LogP contribution is 2.41. The van der Waals surface area contributed by atoms with Crippen LogP contribution in [-0.4, -0.2) is 34.6 Å². The first-order valence-electron chi connectivity index (χ1n) is 5.76. The number of hydrogen-bond donors (Lipinski definition) is 1. The average molecular weight is 239 g/mol. The summed E-state index contributed by atoms with van der Waals surface area (Å²) in [6.45, 7) is 2.91. The average Bonchev–Trinajstić information content (AvgIpc) is 2.30. The molecule has 0 spiro atoms. The van der Waals surface area contributed by atoms with Crippen LogP contribution in [0.3, 0.4) is 0 Å². The molecule has 2 bridgehead atoms. The van der Waals surface area contributed by atoms with Crippen molar-refractivity contribution in [3.8, 4) is 0 Å². The fourth-order valence-corrected chi connectivity index (χ4v) is 3.14. The molecule has 0 aromatic carbocycles. The molecular weight excluding hydrogens is 224 g/mol. The van der Waals surface area contributed by atoms with Gasteiger partial charge in [-0.1, -0.05) is 17.7 Å². The minimum absolute atomic E-state index is 0.337. The summed E-state index contributed by atoms with van der Waals surface area (Å²) < 4.78 is 0. The summed E-state index contributed by atoms with van der Waals surface area (Å²) in [5, 5.41) is 11.3. The number of fused-ring (bicyclic) bond motifs is 3. The molecule has 86 valence electrons. The van der Waals surface area contributed by atoms with Gasteiger partial charge in [-0.25, -0.2) is 4.98 Å². The molecule has 1 aromatic heterocycles. The van der Waals surface area contributed by atoms with Gasteiger partial charge in [0.15, 0.2) is 0 Å². The molecule has 3 fully saturated rings. The van der Waals surface area contributed by atoms with Gasteiger partial charge in [0.25, 0.3) is 0 Å². The van der Waals surface area contributed by atoms with E-state index in [-0.39, 0.29) is 0 Å². The Morgan fingerprint density at radius 2 is 2.12 bits per heavy atom. The molecule has 0 saturated carbocycles. The molecular formula is C12H15ClN2O. The molecule has 0 aliphatic carbocycles. The zero-order valence-corrected chi connectivity index (χ0v) is 9.82. The van der Waals surface area contributed by atoms with Crippen LogP contribution < -0.4 is 0 Å². The molecule has 1 N–H and O–H groups in total. The molecule has 1 aromatic rings. The summed E-state index contributed by atoms with van der Waals surface area (Å²) in [6, 6.07) is 5.49. The summed E-state index contributed by atoms with van der Waals surface area (Å²) in [6.07, 6.45) is 2.12. The second kappa shape index (κ2) is 3.69. The summed E-state index contributed by atoms with van der Waals surface area (Å²) in [7, 11) is 0. The van der Waals surface area contributed by atoms with Gasteiger partial charge >= 0.3 is 0 Å². The Labute approximate surface area is 100 Å². The minimum atomic E-state index is -0.790. The molecule has 3 aliphatic heterocycles. The maximum Gasteiger partial charge on any atom is 0.129 e. The third-order valence-corrected chi connectivity index (χ3v) is 4.10. The van der Waals surface area contributed by atoms with Gasteiger partial charge in [-0.15, -0.1) is 0 Å². The molecule has 16 heavy (non-hydrogen) atoms. The first-order valence-corrected chi connectivity index (χ1v) is 6.14. The molecule has 0 radical (unpaired) electrons. The highest BCUT2D eigenvalue weighted by molar-refractivity contribution is 6.29. The van der Waals surface area contributed by atoms with E-state index in [0.717, 1.165) is 31.6 Å². The standard InChI is InChI=1S/C12H15ClN2O/c13-11-3-1-2-10(14-11)12(16)8-15-6-4-9(12)5-7-15/h1-3,9,16H,4-8H2. The van der Waals surface area contributed by atoms with Crippen molar-refractivity contribution in [3.63, 3.8) is 0 Å². The lowest BCUT2D eigenvalue weighted by molar-refractivity contribution is -0.120. The van der Waals surface area contributed by atoms with Gasteiger partial charge in [0, 0.05) is 6.54 Å². The van der Waals surface area contributed by atoms with Crippen molar-refractivity contribution in [1.29, 1.82) is 0 Å². The largest absolute Gasteiger partial charge is 0.382 e. The SMILES string of the molecule is OC1(c2cccc(Cl)n2)CN2CCC1CC2. The summed E-state index contributed by atoms with van der Waals surface area (Å²) >= 11 is 5.89. The third-order valence-electron chi connectivity index (χ3n) is 3.89. The molecule has 3 nitrogen and oxygen atoms in total. The van der Waals surface area contributed by atoms with Gasteiger partial charge in [0.2, 0.25) is 0 Å². The highest BCUT2D eigenvalue weighted by Gasteiger charge is 2.47. The topological polar surface area (TPSA) is 36.4 Å². The molecule has 1 atom stereocenters. The van der Waals surface area contributed by atoms with Crippen LogP contribution in [0.1, 0.15) is 18.5 Å². The van der Waals surface area contributed by atoms with E-state index in [2.05, 4.69) is 9.88 Å². The lowest BCUT2D eigenvalue weighted by atomic mass is 9.73. The number of aromatic nitrogens is 1. The quantitative estimate of drug-likeness (QED) is 0.756. The Morgan fingerprint density at radius 1 is 1.38 bits per heavy atom. The number of piperidine rings is 3. The molecule has 3 aliphatic rings. The molecule has 3 saturated heterocycles. The predicted octanol–water partition coefficient (Wildman–Crippen LogP) is 1.65. The van der Waals surface area contributed by atoms with Crippen LogP contribution in [0.25, 0.3) is 0 Å². The van der Waals surface area contributed by atoms with Crippen LogP contribution in [0.15, 0.2) is 18.2 Å². The predicted molar refractivity (Wildman–Crippen MR) is 62.3 cm³/mol. The van der Waals surface area contributed by atoms with Gasteiger partial charge in [-0.2, -0.15) is 0 Å². The van der Waals surface area contributed by atoms with Crippen LogP contribution in [-0.2, 0) is 5.60 Å². The fraction of sp³-hybridized carbons (Fsp3) is 0.583. The minimum Gasteiger partial charge on any atom is -0.382 e. The Morgan fingerprint density at radius 3 is 2.69 bits per heavy atom. The zero-order chi connectivity index (χ0) is 11.2. The highest BCUT2D eigenvalue weighted by atomic mass is 35.5. The second-order valence-electron chi connectivity index (χ2n) is 4.82. The lowest BCUT2D eigenvalue weighted by Gasteiger charge is -2.50. The van der Waals surface area contributed by atoms with Gasteiger partial charge in [0.1, 0.15) is 10.8 Å². The van der Waals surface area contributed by atoms with Crippen molar-refractivity contribution in [2.75, 3.05) is 19.6 Å². The summed E-state index contributed by atoms with van der Waals surface area (Å²) in [4.78, 5) is 6.58. The maximum absolute atomic E-state index is 10.8. The summed E-state index contributed by atoms with van der Waals surface area (Å²) in [5.41, 5.74) is -0.0594. The number of hydrogen-bond acceptors (Lipinski definition) is 3. The van der Waals surface area contributed by atoms with Crippen molar-refractivity contribution in [3.05, 3.63) is 29.0 Å². The Balaban J connectivity index is 1.99. The zero-order valence-electron chi connectivity index (χ0n) is 9.06. The van der Waals surface area contributed by atoms with E-state index in [1.807, 2.05) is 12.1 Å². The number of pyridine rings is 1. The van der Waals surface area contributed by atoms with E-state index >= 15 is 0 Å². The monoisotopic (exact) mass is 238 g/mol. The first-order chi connectivity index (χ1) is 7.68. The molecule has 4 rings (SSSR count). The van der Waals surface area contributed by atoms with Crippen LogP contribution in [0.2, 0.25) is 5.15 Å². The number of aliphatic hydroxyl groups is 1. The normalized spacial score (nSPS) is 37.6. The molecule has 0 amide bonds. The van der Waals surface area contributed by atoms with Gasteiger partial charge in [-0.3, -0.25) is 0 Å². The Hall–Kier alpha value is -0.640. The van der Waals surface area contributed by atoms with Crippen molar-refractivity contribution in [2.45, 2.75) is 18.4 Å². The van der Waals surface area contributed by atoms with Crippen molar-refractivity contribution < 1.29 is 5.11 Å². The van der Waals surface area contributed by atoms with Crippen molar-refractivity contribution in [1.82, 2.24) is 9.88 Å². The smallest absolute Gasteiger partial charge is 0.129 e. The van der Waals surface area contributed by atoms with Crippen LogP contribution in [0.4, 0.5) is 0 Å². The van der Waals surface area contributed by atoms with Gasteiger partial charge in [-0.05, 0) is 44.0 Å². The van der Waals surface area contributed by atoms with E-state index in [9.17, 15) is 5.11 Å².